The van der Waals surface area contributed by atoms with Gasteiger partial charge >= 0.3 is 0 Å². The summed E-state index contributed by atoms with van der Waals surface area (Å²) in [6, 6.07) is 3.24. The summed E-state index contributed by atoms with van der Waals surface area (Å²) in [5.41, 5.74) is 0.504. The first kappa shape index (κ1) is 14.8. The van der Waals surface area contributed by atoms with Crippen LogP contribution in [0.15, 0.2) is 12.1 Å². The van der Waals surface area contributed by atoms with Gasteiger partial charge in [0.15, 0.2) is 11.6 Å². The second-order valence-corrected chi connectivity index (χ2v) is 6.02. The number of hydrogen-bond donors (Lipinski definition) is 0. The highest BCUT2D eigenvalue weighted by Crippen LogP contribution is 2.41. The van der Waals surface area contributed by atoms with Crippen LogP contribution in [0.4, 0.5) is 8.78 Å². The van der Waals surface area contributed by atoms with Crippen molar-refractivity contribution in [3.8, 4) is 5.75 Å². The minimum absolute atomic E-state index is 0.00954. The lowest BCUT2D eigenvalue weighted by Gasteiger charge is -2.38. The van der Waals surface area contributed by atoms with Crippen LogP contribution in [0.25, 0.3) is 0 Å². The molecule has 4 heteroatoms. The van der Waals surface area contributed by atoms with E-state index in [1.807, 2.05) is 0 Å². The van der Waals surface area contributed by atoms with E-state index in [0.717, 1.165) is 38.7 Å². The molecule has 1 aliphatic heterocycles. The fourth-order valence-corrected chi connectivity index (χ4v) is 3.56. The molecule has 1 unspecified atom stereocenters. The third kappa shape index (κ3) is 2.91. The van der Waals surface area contributed by atoms with E-state index >= 15 is 0 Å². The minimum Gasteiger partial charge on any atom is -0.491 e. The lowest BCUT2D eigenvalue weighted by atomic mass is 9.75. The SMILES string of the molecule is CCOc1ccc(C2CCC(C3CCO3)CC2)c(F)c1F. The zero-order chi connectivity index (χ0) is 14.8. The summed E-state index contributed by atoms with van der Waals surface area (Å²) in [6.07, 6.45) is 5.48. The first-order valence-electron chi connectivity index (χ1n) is 7.93. The molecule has 0 bridgehead atoms. The molecule has 1 aliphatic carbocycles. The summed E-state index contributed by atoms with van der Waals surface area (Å²) < 4.78 is 38.8. The predicted octanol–water partition coefficient (Wildman–Crippen LogP) is 4.43. The number of hydrogen-bond acceptors (Lipinski definition) is 2. The summed E-state index contributed by atoms with van der Waals surface area (Å²) >= 11 is 0. The van der Waals surface area contributed by atoms with E-state index in [9.17, 15) is 8.78 Å². The van der Waals surface area contributed by atoms with Gasteiger partial charge in [-0.05, 0) is 62.5 Å². The van der Waals surface area contributed by atoms with Crippen LogP contribution >= 0.6 is 0 Å². The molecule has 0 spiro atoms. The molecule has 1 atom stereocenters. The Morgan fingerprint density at radius 3 is 2.38 bits per heavy atom. The van der Waals surface area contributed by atoms with Crippen molar-refractivity contribution in [3.05, 3.63) is 29.3 Å². The van der Waals surface area contributed by atoms with Crippen molar-refractivity contribution in [3.63, 3.8) is 0 Å². The van der Waals surface area contributed by atoms with Gasteiger partial charge in [-0.15, -0.1) is 0 Å². The molecule has 1 heterocycles. The quantitative estimate of drug-likeness (QED) is 0.818. The van der Waals surface area contributed by atoms with E-state index in [2.05, 4.69) is 0 Å². The molecule has 116 valence electrons. The highest BCUT2D eigenvalue weighted by Gasteiger charge is 2.33. The molecule has 3 rings (SSSR count). The van der Waals surface area contributed by atoms with Crippen molar-refractivity contribution in [1.82, 2.24) is 0 Å². The van der Waals surface area contributed by atoms with Crippen molar-refractivity contribution in [2.75, 3.05) is 13.2 Å². The Labute approximate surface area is 124 Å². The minimum atomic E-state index is -0.848. The van der Waals surface area contributed by atoms with E-state index in [4.69, 9.17) is 9.47 Å². The average Bonchev–Trinajstić information content (AvgIpc) is 2.44. The summed E-state index contributed by atoms with van der Waals surface area (Å²) in [5, 5.41) is 0. The van der Waals surface area contributed by atoms with Gasteiger partial charge < -0.3 is 9.47 Å². The van der Waals surface area contributed by atoms with E-state index in [-0.39, 0.29) is 11.7 Å². The maximum Gasteiger partial charge on any atom is 0.200 e. The number of rotatable bonds is 4. The molecule has 2 aliphatic rings. The molecule has 0 N–H and O–H groups in total. The van der Waals surface area contributed by atoms with Crippen molar-refractivity contribution < 1.29 is 18.3 Å². The lowest BCUT2D eigenvalue weighted by molar-refractivity contribution is -0.0930. The summed E-state index contributed by atoms with van der Waals surface area (Å²) in [5.74, 6) is -0.851. The second-order valence-electron chi connectivity index (χ2n) is 6.02. The van der Waals surface area contributed by atoms with E-state index in [0.29, 0.717) is 24.2 Å². The molecule has 1 aromatic rings. The molecule has 1 aromatic carbocycles. The molecule has 0 aromatic heterocycles. The third-order valence-corrected chi connectivity index (χ3v) is 4.85. The largest absolute Gasteiger partial charge is 0.491 e. The smallest absolute Gasteiger partial charge is 0.200 e. The summed E-state index contributed by atoms with van der Waals surface area (Å²) in [4.78, 5) is 0. The van der Waals surface area contributed by atoms with Crippen LogP contribution < -0.4 is 4.74 Å². The Hall–Kier alpha value is -1.16. The highest BCUT2D eigenvalue weighted by atomic mass is 19.2. The molecule has 2 nitrogen and oxygen atoms in total. The van der Waals surface area contributed by atoms with E-state index < -0.39 is 11.6 Å². The van der Waals surface area contributed by atoms with Crippen LogP contribution in [0.3, 0.4) is 0 Å². The van der Waals surface area contributed by atoms with Crippen molar-refractivity contribution >= 4 is 0 Å². The Kier molecular flexibility index (Phi) is 4.43. The first-order valence-corrected chi connectivity index (χ1v) is 7.93. The van der Waals surface area contributed by atoms with Crippen LogP contribution in [-0.4, -0.2) is 19.3 Å². The van der Waals surface area contributed by atoms with Gasteiger partial charge in [0.2, 0.25) is 5.82 Å². The van der Waals surface area contributed by atoms with Crippen LogP contribution in [0.1, 0.15) is 50.5 Å². The van der Waals surface area contributed by atoms with Gasteiger partial charge in [0, 0.05) is 6.61 Å². The van der Waals surface area contributed by atoms with Gasteiger partial charge in [0.25, 0.3) is 0 Å². The predicted molar refractivity (Wildman–Crippen MR) is 76.6 cm³/mol. The number of ether oxygens (including phenoxy) is 2. The molecule has 1 saturated heterocycles. The van der Waals surface area contributed by atoms with E-state index in [1.54, 1.807) is 19.1 Å². The van der Waals surface area contributed by atoms with Crippen molar-refractivity contribution in [2.45, 2.75) is 51.0 Å². The fourth-order valence-electron chi connectivity index (χ4n) is 3.56. The Morgan fingerprint density at radius 2 is 1.81 bits per heavy atom. The fraction of sp³-hybridized carbons (Fsp3) is 0.647. The molecule has 0 radical (unpaired) electrons. The Bertz CT molecular complexity index is 492. The Morgan fingerprint density at radius 1 is 1.10 bits per heavy atom. The maximum atomic E-state index is 14.2. The van der Waals surface area contributed by atoms with Crippen LogP contribution in [0, 0.1) is 17.6 Å². The molecular weight excluding hydrogens is 274 g/mol. The van der Waals surface area contributed by atoms with E-state index in [1.165, 1.54) is 0 Å². The van der Waals surface area contributed by atoms with Gasteiger partial charge in [-0.2, -0.15) is 4.39 Å². The van der Waals surface area contributed by atoms with Gasteiger partial charge in [0.1, 0.15) is 0 Å². The Balaban J connectivity index is 1.68. The number of halogens is 2. The standard InChI is InChI=1S/C17H22F2O2/c1-2-20-15-8-7-13(16(18)17(15)19)11-3-5-12(6-4-11)14-9-10-21-14/h7-8,11-12,14H,2-6,9-10H2,1H3. The lowest BCUT2D eigenvalue weighted by Crippen LogP contribution is -2.36. The van der Waals surface area contributed by atoms with Gasteiger partial charge in [-0.25, -0.2) is 4.39 Å². The topological polar surface area (TPSA) is 18.5 Å². The molecule has 2 fully saturated rings. The average molecular weight is 296 g/mol. The second kappa shape index (κ2) is 6.30. The van der Waals surface area contributed by atoms with Crippen molar-refractivity contribution in [1.29, 1.82) is 0 Å². The monoisotopic (exact) mass is 296 g/mol. The van der Waals surface area contributed by atoms with Crippen LogP contribution in [0.5, 0.6) is 5.75 Å². The normalized spacial score (nSPS) is 29.0. The summed E-state index contributed by atoms with van der Waals surface area (Å²) in [7, 11) is 0. The first-order chi connectivity index (χ1) is 10.2. The molecule has 21 heavy (non-hydrogen) atoms. The summed E-state index contributed by atoms with van der Waals surface area (Å²) in [6.45, 7) is 2.97. The zero-order valence-corrected chi connectivity index (χ0v) is 12.4. The zero-order valence-electron chi connectivity index (χ0n) is 12.4. The third-order valence-electron chi connectivity index (χ3n) is 4.85. The van der Waals surface area contributed by atoms with Gasteiger partial charge in [0.05, 0.1) is 12.7 Å². The molecular formula is C17H22F2O2. The van der Waals surface area contributed by atoms with Gasteiger partial charge in [-0.1, -0.05) is 6.07 Å². The van der Waals surface area contributed by atoms with Gasteiger partial charge in [-0.3, -0.25) is 0 Å². The highest BCUT2D eigenvalue weighted by molar-refractivity contribution is 5.33. The van der Waals surface area contributed by atoms with Crippen LogP contribution in [0.2, 0.25) is 0 Å². The number of benzene rings is 1. The molecule has 1 saturated carbocycles. The molecule has 0 amide bonds. The van der Waals surface area contributed by atoms with Crippen LogP contribution in [-0.2, 0) is 4.74 Å². The van der Waals surface area contributed by atoms with Crippen molar-refractivity contribution in [2.24, 2.45) is 5.92 Å². The maximum absolute atomic E-state index is 14.2.